The Balaban J connectivity index is 0.00000133. The van der Waals surface area contributed by atoms with Crippen LogP contribution in [-0.2, 0) is 9.53 Å². The Bertz CT molecular complexity index is 293. The Labute approximate surface area is 122 Å². The van der Waals surface area contributed by atoms with Crippen LogP contribution >= 0.6 is 12.4 Å². The lowest BCUT2D eigenvalue weighted by Crippen LogP contribution is -2.37. The first-order valence-electron chi connectivity index (χ1n) is 7.75. The summed E-state index contributed by atoms with van der Waals surface area (Å²) in [6.07, 6.45) is 11.4. The number of esters is 1. The Morgan fingerprint density at radius 2 is 1.84 bits per heavy atom. The van der Waals surface area contributed by atoms with Crippen molar-refractivity contribution in [1.29, 1.82) is 0 Å². The van der Waals surface area contributed by atoms with Crippen molar-refractivity contribution in [2.24, 2.45) is 11.8 Å². The van der Waals surface area contributed by atoms with Gasteiger partial charge in [0.25, 0.3) is 0 Å². The van der Waals surface area contributed by atoms with Gasteiger partial charge < -0.3 is 10.1 Å². The van der Waals surface area contributed by atoms with E-state index < -0.39 is 0 Å². The lowest BCUT2D eigenvalue weighted by Gasteiger charge is -2.22. The lowest BCUT2D eigenvalue weighted by molar-refractivity contribution is -0.147. The van der Waals surface area contributed by atoms with E-state index in [2.05, 4.69) is 5.32 Å². The molecule has 3 rings (SSSR count). The highest BCUT2D eigenvalue weighted by molar-refractivity contribution is 5.85. The number of carbonyl (C=O) groups is 1. The zero-order chi connectivity index (χ0) is 12.4. The fraction of sp³-hybridized carbons (Fsp3) is 0.933. The highest BCUT2D eigenvalue weighted by Crippen LogP contribution is 2.35. The van der Waals surface area contributed by atoms with E-state index in [-0.39, 0.29) is 24.4 Å². The van der Waals surface area contributed by atoms with E-state index in [9.17, 15) is 4.79 Å². The highest BCUT2D eigenvalue weighted by atomic mass is 35.5. The number of nitrogens with one attached hydrogen (secondary N) is 1. The molecule has 3 unspecified atom stereocenters. The molecule has 19 heavy (non-hydrogen) atoms. The fourth-order valence-electron chi connectivity index (χ4n) is 3.99. The van der Waals surface area contributed by atoms with Crippen LogP contribution in [0.15, 0.2) is 0 Å². The lowest BCUT2D eigenvalue weighted by atomic mass is 9.90. The second kappa shape index (κ2) is 6.94. The minimum atomic E-state index is -0.0103. The van der Waals surface area contributed by atoms with Crippen LogP contribution in [0, 0.1) is 11.8 Å². The van der Waals surface area contributed by atoms with Crippen LogP contribution < -0.4 is 5.32 Å². The molecule has 3 atom stereocenters. The molecule has 4 heteroatoms. The predicted molar refractivity (Wildman–Crippen MR) is 77.5 cm³/mol. The van der Waals surface area contributed by atoms with Crippen LogP contribution in [-0.4, -0.2) is 24.7 Å². The van der Waals surface area contributed by atoms with Gasteiger partial charge in [-0.05, 0) is 43.9 Å². The molecule has 1 heterocycles. The summed E-state index contributed by atoms with van der Waals surface area (Å²) >= 11 is 0. The Kier molecular flexibility index (Phi) is 5.52. The van der Waals surface area contributed by atoms with Gasteiger partial charge in [0.2, 0.25) is 0 Å². The molecule has 110 valence electrons. The van der Waals surface area contributed by atoms with Crippen LogP contribution in [0.1, 0.15) is 57.8 Å². The number of halogens is 1. The average molecular weight is 288 g/mol. The largest absolute Gasteiger partial charge is 0.464 e. The molecule has 1 aliphatic heterocycles. The van der Waals surface area contributed by atoms with E-state index >= 15 is 0 Å². The molecule has 2 saturated carbocycles. The van der Waals surface area contributed by atoms with Gasteiger partial charge in [-0.3, -0.25) is 4.79 Å². The van der Waals surface area contributed by atoms with Crippen molar-refractivity contribution in [1.82, 2.24) is 5.32 Å². The summed E-state index contributed by atoms with van der Waals surface area (Å²) in [6, 6.07) is 0.584. The van der Waals surface area contributed by atoms with Gasteiger partial charge in [0.15, 0.2) is 0 Å². The quantitative estimate of drug-likeness (QED) is 0.811. The van der Waals surface area contributed by atoms with Crippen molar-refractivity contribution in [2.45, 2.75) is 69.9 Å². The SMILES string of the molecule is Cl.O=C(OCC1CCCCC1)C1CC2CCCC2N1. The zero-order valence-electron chi connectivity index (χ0n) is 11.6. The standard InChI is InChI=1S/C15H25NO2.ClH/c17-15(18-10-11-5-2-1-3-6-11)14-9-12-7-4-8-13(12)16-14;/h11-14,16H,1-10H2;1H. The van der Waals surface area contributed by atoms with Gasteiger partial charge in [-0.15, -0.1) is 12.4 Å². The topological polar surface area (TPSA) is 38.3 Å². The molecule has 2 aliphatic carbocycles. The maximum atomic E-state index is 12.0. The first kappa shape index (κ1) is 15.1. The normalized spacial score (nSPS) is 34.6. The van der Waals surface area contributed by atoms with E-state index in [1.54, 1.807) is 0 Å². The number of hydrogen-bond donors (Lipinski definition) is 1. The second-order valence-corrected chi connectivity index (χ2v) is 6.39. The molecular weight excluding hydrogens is 262 g/mol. The first-order valence-corrected chi connectivity index (χ1v) is 7.75. The first-order chi connectivity index (χ1) is 8.83. The molecule has 3 nitrogen and oxygen atoms in total. The van der Waals surface area contributed by atoms with Crippen molar-refractivity contribution in [2.75, 3.05) is 6.61 Å². The molecule has 3 fully saturated rings. The molecule has 0 radical (unpaired) electrons. The van der Waals surface area contributed by atoms with Crippen molar-refractivity contribution in [3.05, 3.63) is 0 Å². The van der Waals surface area contributed by atoms with Crippen LogP contribution in [0.2, 0.25) is 0 Å². The van der Waals surface area contributed by atoms with Crippen LogP contribution in [0.25, 0.3) is 0 Å². The van der Waals surface area contributed by atoms with Crippen molar-refractivity contribution in [3.8, 4) is 0 Å². The van der Waals surface area contributed by atoms with E-state index in [0.29, 0.717) is 18.6 Å². The smallest absolute Gasteiger partial charge is 0.323 e. The summed E-state index contributed by atoms with van der Waals surface area (Å²) in [5.74, 6) is 1.37. The number of hydrogen-bond acceptors (Lipinski definition) is 3. The van der Waals surface area contributed by atoms with Crippen LogP contribution in [0.3, 0.4) is 0 Å². The van der Waals surface area contributed by atoms with Gasteiger partial charge in [-0.25, -0.2) is 0 Å². The average Bonchev–Trinajstić information content (AvgIpc) is 2.98. The minimum absolute atomic E-state index is 0. The van der Waals surface area contributed by atoms with Gasteiger partial charge in [0.1, 0.15) is 6.04 Å². The van der Waals surface area contributed by atoms with Gasteiger partial charge in [-0.1, -0.05) is 25.7 Å². The molecular formula is C15H26ClNO2. The van der Waals surface area contributed by atoms with Crippen LogP contribution in [0.4, 0.5) is 0 Å². The number of rotatable bonds is 3. The molecule has 3 aliphatic rings. The summed E-state index contributed by atoms with van der Waals surface area (Å²) in [4.78, 5) is 12.0. The number of fused-ring (bicyclic) bond motifs is 1. The molecule has 0 aromatic heterocycles. The molecule has 1 N–H and O–H groups in total. The summed E-state index contributed by atoms with van der Waals surface area (Å²) < 4.78 is 5.53. The summed E-state index contributed by atoms with van der Waals surface area (Å²) in [6.45, 7) is 0.659. The summed E-state index contributed by atoms with van der Waals surface area (Å²) in [5.41, 5.74) is 0. The number of ether oxygens (including phenoxy) is 1. The van der Waals surface area contributed by atoms with Gasteiger partial charge in [0.05, 0.1) is 6.61 Å². The van der Waals surface area contributed by atoms with Gasteiger partial charge in [-0.2, -0.15) is 0 Å². The third-order valence-electron chi connectivity index (χ3n) is 5.08. The molecule has 0 aromatic carbocycles. The second-order valence-electron chi connectivity index (χ2n) is 6.39. The molecule has 0 bridgehead atoms. The third kappa shape index (κ3) is 3.63. The van der Waals surface area contributed by atoms with E-state index in [1.165, 1.54) is 51.4 Å². The van der Waals surface area contributed by atoms with Crippen molar-refractivity contribution >= 4 is 18.4 Å². The van der Waals surface area contributed by atoms with E-state index in [1.807, 2.05) is 0 Å². The van der Waals surface area contributed by atoms with Gasteiger partial charge in [0, 0.05) is 6.04 Å². The van der Waals surface area contributed by atoms with Crippen LogP contribution in [0.5, 0.6) is 0 Å². The highest BCUT2D eigenvalue weighted by Gasteiger charge is 2.40. The molecule has 1 saturated heterocycles. The zero-order valence-corrected chi connectivity index (χ0v) is 12.4. The predicted octanol–water partition coefficient (Wildman–Crippen LogP) is 3.06. The fourth-order valence-corrected chi connectivity index (χ4v) is 3.99. The van der Waals surface area contributed by atoms with Crippen molar-refractivity contribution < 1.29 is 9.53 Å². The minimum Gasteiger partial charge on any atom is -0.464 e. The monoisotopic (exact) mass is 287 g/mol. The Morgan fingerprint density at radius 1 is 1.05 bits per heavy atom. The Hall–Kier alpha value is -0.280. The summed E-state index contributed by atoms with van der Waals surface area (Å²) in [5, 5.41) is 3.47. The van der Waals surface area contributed by atoms with E-state index in [0.717, 1.165) is 12.3 Å². The molecule has 0 amide bonds. The molecule has 0 spiro atoms. The Morgan fingerprint density at radius 3 is 2.58 bits per heavy atom. The number of carbonyl (C=O) groups excluding carboxylic acids is 1. The maximum absolute atomic E-state index is 12.0. The third-order valence-corrected chi connectivity index (χ3v) is 5.08. The molecule has 0 aromatic rings. The van der Waals surface area contributed by atoms with Crippen molar-refractivity contribution in [3.63, 3.8) is 0 Å². The maximum Gasteiger partial charge on any atom is 0.323 e. The van der Waals surface area contributed by atoms with Gasteiger partial charge >= 0.3 is 5.97 Å². The van der Waals surface area contributed by atoms with E-state index in [4.69, 9.17) is 4.74 Å². The summed E-state index contributed by atoms with van der Waals surface area (Å²) in [7, 11) is 0.